The van der Waals surface area contributed by atoms with Crippen LogP contribution in [0.1, 0.15) is 57.6 Å². The zero-order valence-corrected chi connectivity index (χ0v) is 38.1. The number of fused-ring (bicyclic) bond motifs is 4. The monoisotopic (exact) mass is 978 g/mol. The van der Waals surface area contributed by atoms with Crippen molar-refractivity contribution in [3.63, 3.8) is 0 Å². The van der Waals surface area contributed by atoms with Crippen LogP contribution in [-0.4, -0.2) is 27.8 Å². The zero-order chi connectivity index (χ0) is 37.5. The van der Waals surface area contributed by atoms with Crippen LogP contribution in [-0.2, 0) is 31.9 Å². The molecule has 0 aliphatic heterocycles. The molecule has 3 nitrogen and oxygen atoms in total. The molecule has 9 rings (SSSR count). The molecular formula is C49H49GeIrN3S-2. The van der Waals surface area contributed by atoms with E-state index in [2.05, 4.69) is 158 Å². The fourth-order valence-electron chi connectivity index (χ4n) is 7.94. The molecule has 0 bridgehead atoms. The number of hydrogen-bond donors (Lipinski definition) is 0. The first kappa shape index (κ1) is 39.4. The minimum atomic E-state index is -1.87. The van der Waals surface area contributed by atoms with Crippen LogP contribution >= 0.6 is 11.3 Å². The third-order valence-electron chi connectivity index (χ3n) is 10.9. The minimum Gasteiger partial charge on any atom is 0 e. The van der Waals surface area contributed by atoms with E-state index in [4.69, 9.17) is 9.97 Å². The number of imidazole rings is 1. The quantitative estimate of drug-likeness (QED) is 0.123. The van der Waals surface area contributed by atoms with Crippen LogP contribution < -0.4 is 4.40 Å². The predicted molar refractivity (Wildman–Crippen MR) is 234 cm³/mol. The molecule has 0 atom stereocenters. The average molecular weight is 977 g/mol. The van der Waals surface area contributed by atoms with E-state index in [1.54, 1.807) is 9.96 Å². The molecule has 1 saturated carbocycles. The Balaban J connectivity index is 0.000000178. The average Bonchev–Trinajstić information content (AvgIpc) is 3.92. The number of hydrogen-bond acceptors (Lipinski definition) is 3. The molecule has 3 aromatic heterocycles. The van der Waals surface area contributed by atoms with E-state index in [1.807, 2.05) is 29.5 Å². The Morgan fingerprint density at radius 1 is 0.782 bits per heavy atom. The molecule has 0 unspecified atom stereocenters. The Morgan fingerprint density at radius 2 is 1.51 bits per heavy atom. The van der Waals surface area contributed by atoms with Gasteiger partial charge in [-0.25, -0.2) is 0 Å². The van der Waals surface area contributed by atoms with E-state index >= 15 is 0 Å². The van der Waals surface area contributed by atoms with Gasteiger partial charge in [-0.2, -0.15) is 11.3 Å². The van der Waals surface area contributed by atoms with E-state index in [1.165, 1.54) is 57.8 Å². The molecule has 3 heterocycles. The molecule has 5 aromatic carbocycles. The fourth-order valence-corrected chi connectivity index (χ4v) is 12.4. The number of benzene rings is 5. The Bertz CT molecular complexity index is 2550. The first-order chi connectivity index (χ1) is 26.0. The van der Waals surface area contributed by atoms with Crippen molar-refractivity contribution in [2.75, 3.05) is 0 Å². The summed E-state index contributed by atoms with van der Waals surface area (Å²) in [5, 5.41) is 2.55. The van der Waals surface area contributed by atoms with Crippen LogP contribution in [0.2, 0.25) is 17.3 Å². The summed E-state index contributed by atoms with van der Waals surface area (Å²) in [5.74, 6) is 9.24. The fraction of sp³-hybridized carbons (Fsp3) is 0.265. The van der Waals surface area contributed by atoms with Crippen molar-refractivity contribution >= 4 is 60.2 Å². The Kier molecular flexibility index (Phi) is 11.7. The van der Waals surface area contributed by atoms with Crippen molar-refractivity contribution < 1.29 is 20.1 Å². The Hall–Kier alpha value is -3.87. The zero-order valence-electron chi connectivity index (χ0n) is 32.7. The van der Waals surface area contributed by atoms with E-state index in [0.29, 0.717) is 0 Å². The molecule has 0 amide bonds. The van der Waals surface area contributed by atoms with Gasteiger partial charge in [0.1, 0.15) is 0 Å². The second-order valence-electron chi connectivity index (χ2n) is 16.9. The van der Waals surface area contributed by atoms with Crippen molar-refractivity contribution in [2.45, 2.75) is 75.6 Å². The molecule has 0 spiro atoms. The van der Waals surface area contributed by atoms with E-state index < -0.39 is 13.3 Å². The SMILES string of the molecule is CC(C)(C)c1ccc(-n2c(-c3[c-]cc4c(c3)sc3ccccc34)nc3ccccc32)cc1.[CH3][Ge]([CH3])([CH3])[c]1cnc(-c2[c-]cccc2)cc1CC1CCCC1.[Ir]. The predicted octanol–water partition coefficient (Wildman–Crippen LogP) is 13.0. The number of aromatic nitrogens is 3. The summed E-state index contributed by atoms with van der Waals surface area (Å²) in [4.78, 5) is 9.79. The summed E-state index contributed by atoms with van der Waals surface area (Å²) >= 11 is -0.0444. The molecule has 281 valence electrons. The molecule has 0 N–H and O–H groups in total. The number of para-hydroxylation sites is 2. The summed E-state index contributed by atoms with van der Waals surface area (Å²) < 4.78 is 6.42. The number of nitrogens with zero attached hydrogens (tertiary/aromatic N) is 3. The normalized spacial score (nSPS) is 13.6. The smallest absolute Gasteiger partial charge is 0 e. The van der Waals surface area contributed by atoms with Crippen molar-refractivity contribution in [2.24, 2.45) is 5.92 Å². The van der Waals surface area contributed by atoms with E-state index in [-0.39, 0.29) is 25.5 Å². The van der Waals surface area contributed by atoms with Crippen LogP contribution in [0.5, 0.6) is 0 Å². The number of pyridine rings is 1. The molecule has 8 aromatic rings. The molecule has 55 heavy (non-hydrogen) atoms. The van der Waals surface area contributed by atoms with Crippen LogP contribution in [0.4, 0.5) is 0 Å². The van der Waals surface area contributed by atoms with Crippen LogP contribution in [0.25, 0.3) is 59.5 Å². The van der Waals surface area contributed by atoms with Crippen LogP contribution in [0.15, 0.2) is 121 Å². The summed E-state index contributed by atoms with van der Waals surface area (Å²) in [6.07, 6.45) is 9.08. The Labute approximate surface area is 347 Å². The molecule has 0 saturated heterocycles. The maximum absolute atomic E-state index is 5.03. The molecule has 6 heteroatoms. The van der Waals surface area contributed by atoms with Gasteiger partial charge in [-0.1, -0.05) is 68.6 Å². The third kappa shape index (κ3) is 8.47. The van der Waals surface area contributed by atoms with Gasteiger partial charge in [-0.05, 0) is 51.4 Å². The first-order valence-corrected chi connectivity index (χ1v) is 27.6. The van der Waals surface area contributed by atoms with Gasteiger partial charge in [0, 0.05) is 30.5 Å². The summed E-state index contributed by atoms with van der Waals surface area (Å²) in [6.45, 7) is 6.74. The third-order valence-corrected chi connectivity index (χ3v) is 16.3. The first-order valence-electron chi connectivity index (χ1n) is 19.4. The van der Waals surface area contributed by atoms with Crippen LogP contribution in [0, 0.1) is 18.1 Å². The van der Waals surface area contributed by atoms with Gasteiger partial charge < -0.3 is 4.57 Å². The van der Waals surface area contributed by atoms with Gasteiger partial charge in [-0.3, -0.25) is 4.98 Å². The number of thiophene rings is 1. The van der Waals surface area contributed by atoms with Gasteiger partial charge >= 0.3 is 137 Å². The second kappa shape index (κ2) is 16.3. The standard InChI is InChI=1S/C29H23N2S.C20H26GeN.Ir/c1-29(2,3)20-13-15-21(16-14-20)31-25-10-6-5-9-24(25)30-28(31)19-12-17-23-22-8-4-7-11-26(22)32-27(23)18-19;1-21(2,3)19-15-22-20(17-11-5-4-6-12-17)14-18(19)13-16-9-7-8-10-16;/h4-11,13-18H,1-3H3;4-6,11,14-16H,7-10,13H2,1-3H3;/q2*-1;. The van der Waals surface area contributed by atoms with Gasteiger partial charge in [0.25, 0.3) is 0 Å². The van der Waals surface area contributed by atoms with E-state index in [9.17, 15) is 0 Å². The van der Waals surface area contributed by atoms with Crippen molar-refractivity contribution in [3.8, 4) is 28.3 Å². The van der Waals surface area contributed by atoms with Crippen molar-refractivity contribution in [1.29, 1.82) is 0 Å². The van der Waals surface area contributed by atoms with Crippen molar-refractivity contribution in [3.05, 3.63) is 145 Å². The molecule has 1 aliphatic carbocycles. The maximum Gasteiger partial charge on any atom is 0 e. The summed E-state index contributed by atoms with van der Waals surface area (Å²) in [5.41, 5.74) is 9.45. The molecular weight excluding hydrogens is 927 g/mol. The molecule has 1 fully saturated rings. The number of rotatable bonds is 6. The van der Waals surface area contributed by atoms with Gasteiger partial charge in [0.05, 0.1) is 16.9 Å². The van der Waals surface area contributed by atoms with Gasteiger partial charge in [-0.15, -0.1) is 23.8 Å². The van der Waals surface area contributed by atoms with Crippen molar-refractivity contribution in [1.82, 2.24) is 14.5 Å². The second-order valence-corrected chi connectivity index (χ2v) is 28.5. The van der Waals surface area contributed by atoms with E-state index in [0.717, 1.165) is 45.3 Å². The van der Waals surface area contributed by atoms with Gasteiger partial charge in [0.15, 0.2) is 0 Å². The molecule has 1 aliphatic rings. The maximum atomic E-state index is 5.03. The summed E-state index contributed by atoms with van der Waals surface area (Å²) in [6, 6.07) is 47.5. The molecule has 1 radical (unpaired) electrons. The topological polar surface area (TPSA) is 30.7 Å². The minimum absolute atomic E-state index is 0. The van der Waals surface area contributed by atoms with Crippen LogP contribution in [0.3, 0.4) is 0 Å². The largest absolute Gasteiger partial charge is 0 e. The summed E-state index contributed by atoms with van der Waals surface area (Å²) in [7, 11) is 0. The Morgan fingerprint density at radius 3 is 2.24 bits per heavy atom. The van der Waals surface area contributed by atoms with Gasteiger partial charge in [0.2, 0.25) is 0 Å².